The summed E-state index contributed by atoms with van der Waals surface area (Å²) in [6.45, 7) is 3.44. The molecule has 1 aromatic heterocycles. The second kappa shape index (κ2) is 10.9. The lowest BCUT2D eigenvalue weighted by Crippen LogP contribution is -2.27. The Morgan fingerprint density at radius 3 is 2.42 bits per heavy atom. The molecule has 0 amide bonds. The minimum absolute atomic E-state index is 0.753. The van der Waals surface area contributed by atoms with Crippen molar-refractivity contribution in [3.8, 4) is 0 Å². The highest BCUT2D eigenvalue weighted by atomic mass is 35.5. The minimum atomic E-state index is 0.753. The molecule has 0 bridgehead atoms. The summed E-state index contributed by atoms with van der Waals surface area (Å²) in [6.07, 6.45) is 6.01. The van der Waals surface area contributed by atoms with Crippen LogP contribution in [0.1, 0.15) is 16.7 Å². The fourth-order valence-electron chi connectivity index (χ4n) is 3.67. The lowest BCUT2D eigenvalue weighted by Gasteiger charge is -2.11. The second-order valence-electron chi connectivity index (χ2n) is 7.39. The summed E-state index contributed by atoms with van der Waals surface area (Å²) < 4.78 is 0. The van der Waals surface area contributed by atoms with Crippen LogP contribution >= 0.6 is 11.6 Å². The van der Waals surface area contributed by atoms with E-state index in [0.29, 0.717) is 0 Å². The summed E-state index contributed by atoms with van der Waals surface area (Å²) in [6, 6.07) is 26.9. The van der Waals surface area contributed by atoms with Gasteiger partial charge in [-0.3, -0.25) is 4.98 Å². The van der Waals surface area contributed by atoms with Crippen LogP contribution in [0.4, 0.5) is 0 Å². The van der Waals surface area contributed by atoms with Crippen molar-refractivity contribution < 1.29 is 0 Å². The highest BCUT2D eigenvalue weighted by Gasteiger charge is 2.04. The number of aromatic nitrogens is 1. The number of nitrogens with zero attached hydrogens (tertiary/aromatic N) is 1. The molecule has 0 aliphatic carbocycles. The van der Waals surface area contributed by atoms with Gasteiger partial charge in [0.1, 0.15) is 0 Å². The van der Waals surface area contributed by atoms with Crippen molar-refractivity contribution in [2.24, 2.45) is 0 Å². The molecule has 0 atom stereocenters. The predicted molar refractivity (Wildman–Crippen MR) is 131 cm³/mol. The Morgan fingerprint density at radius 1 is 0.806 bits per heavy atom. The van der Waals surface area contributed by atoms with Crippen molar-refractivity contribution in [2.45, 2.75) is 6.54 Å². The second-order valence-corrected chi connectivity index (χ2v) is 7.82. The molecule has 0 aliphatic rings. The fraction of sp³-hybridized carbons (Fsp3) is 0.148. The normalized spacial score (nSPS) is 11.7. The Hall–Kier alpha value is -2.98. The van der Waals surface area contributed by atoms with E-state index < -0.39 is 0 Å². The number of rotatable bonds is 9. The maximum atomic E-state index is 6.07. The Labute approximate surface area is 188 Å². The quantitative estimate of drug-likeness (QED) is 0.336. The number of nitrogens with one attached hydrogen (secondary N) is 2. The summed E-state index contributed by atoms with van der Waals surface area (Å²) in [5.74, 6) is 0. The third-order valence-electron chi connectivity index (χ3n) is 5.26. The van der Waals surface area contributed by atoms with Crippen molar-refractivity contribution in [1.82, 2.24) is 15.6 Å². The van der Waals surface area contributed by atoms with Gasteiger partial charge in [-0.2, -0.15) is 0 Å². The van der Waals surface area contributed by atoms with E-state index in [1.54, 1.807) is 0 Å². The molecule has 0 aliphatic heterocycles. The zero-order valence-corrected chi connectivity index (χ0v) is 18.1. The standard InChI is InChI=1S/C27H26ClN3/c28-25-11-9-22(10-12-25)26(21-5-2-1-3-6-21)13-15-29-17-18-31-20-24-8-4-7-23-19-30-16-14-27(23)24/h1-14,16,19,29,31H,15,17-18,20H2/b26-13-. The van der Waals surface area contributed by atoms with Crippen LogP contribution in [0.2, 0.25) is 5.02 Å². The topological polar surface area (TPSA) is 37.0 Å². The smallest absolute Gasteiger partial charge is 0.0406 e. The molecular formula is C27H26ClN3. The molecule has 31 heavy (non-hydrogen) atoms. The van der Waals surface area contributed by atoms with Crippen molar-refractivity contribution >= 4 is 27.9 Å². The van der Waals surface area contributed by atoms with Crippen molar-refractivity contribution in [2.75, 3.05) is 19.6 Å². The van der Waals surface area contributed by atoms with E-state index in [1.165, 1.54) is 33.0 Å². The van der Waals surface area contributed by atoms with Crippen LogP contribution in [0.15, 0.2) is 97.3 Å². The fourth-order valence-corrected chi connectivity index (χ4v) is 3.80. The third kappa shape index (κ3) is 5.80. The highest BCUT2D eigenvalue weighted by molar-refractivity contribution is 6.30. The molecule has 2 N–H and O–H groups in total. The molecule has 4 rings (SSSR count). The number of fused-ring (bicyclic) bond motifs is 1. The monoisotopic (exact) mass is 427 g/mol. The van der Waals surface area contributed by atoms with Gasteiger partial charge in [0.15, 0.2) is 0 Å². The largest absolute Gasteiger partial charge is 0.312 e. The van der Waals surface area contributed by atoms with E-state index in [4.69, 9.17) is 11.6 Å². The van der Waals surface area contributed by atoms with Gasteiger partial charge >= 0.3 is 0 Å². The van der Waals surface area contributed by atoms with Crippen molar-refractivity contribution in [1.29, 1.82) is 0 Å². The van der Waals surface area contributed by atoms with Gasteiger partial charge in [0, 0.05) is 49.0 Å². The molecule has 3 nitrogen and oxygen atoms in total. The molecule has 0 saturated heterocycles. The first-order valence-corrected chi connectivity index (χ1v) is 10.9. The third-order valence-corrected chi connectivity index (χ3v) is 5.51. The summed E-state index contributed by atoms with van der Waals surface area (Å²) in [5.41, 5.74) is 4.88. The Kier molecular flexibility index (Phi) is 7.46. The van der Waals surface area contributed by atoms with E-state index in [2.05, 4.69) is 82.4 Å². The van der Waals surface area contributed by atoms with Crippen LogP contribution in [0, 0.1) is 0 Å². The van der Waals surface area contributed by atoms with Crippen molar-refractivity contribution in [3.63, 3.8) is 0 Å². The number of benzene rings is 3. The van der Waals surface area contributed by atoms with Gasteiger partial charge in [-0.15, -0.1) is 0 Å². The van der Waals surface area contributed by atoms with Gasteiger partial charge in [-0.25, -0.2) is 0 Å². The summed E-state index contributed by atoms with van der Waals surface area (Å²) >= 11 is 6.07. The van der Waals surface area contributed by atoms with Gasteiger partial charge in [0.2, 0.25) is 0 Å². The first kappa shape index (κ1) is 21.3. The molecule has 3 aromatic carbocycles. The summed E-state index contributed by atoms with van der Waals surface area (Å²) in [7, 11) is 0. The van der Waals surface area contributed by atoms with Gasteiger partial charge in [-0.05, 0) is 45.8 Å². The van der Waals surface area contributed by atoms with Gasteiger partial charge < -0.3 is 10.6 Å². The van der Waals surface area contributed by atoms with E-state index >= 15 is 0 Å². The SMILES string of the molecule is Clc1ccc(/C(=C\CNCCNCc2cccc3cnccc23)c2ccccc2)cc1. The molecule has 0 saturated carbocycles. The molecule has 0 fully saturated rings. The summed E-state index contributed by atoms with van der Waals surface area (Å²) in [5, 5.41) is 10.2. The maximum Gasteiger partial charge on any atom is 0.0406 e. The minimum Gasteiger partial charge on any atom is -0.312 e. The molecule has 0 radical (unpaired) electrons. The van der Waals surface area contributed by atoms with Crippen LogP contribution in [0.25, 0.3) is 16.3 Å². The number of hydrogen-bond donors (Lipinski definition) is 2. The zero-order chi connectivity index (χ0) is 21.3. The maximum absolute atomic E-state index is 6.07. The van der Waals surface area contributed by atoms with E-state index in [9.17, 15) is 0 Å². The molecule has 1 heterocycles. The first-order chi connectivity index (χ1) is 15.3. The van der Waals surface area contributed by atoms with Gasteiger partial charge in [0.05, 0.1) is 0 Å². The molecule has 0 unspecified atom stereocenters. The molecule has 156 valence electrons. The number of hydrogen-bond acceptors (Lipinski definition) is 3. The zero-order valence-electron chi connectivity index (χ0n) is 17.4. The Bertz CT molecular complexity index is 1130. The van der Waals surface area contributed by atoms with Crippen LogP contribution in [0.5, 0.6) is 0 Å². The average Bonchev–Trinajstić information content (AvgIpc) is 2.82. The highest BCUT2D eigenvalue weighted by Crippen LogP contribution is 2.24. The predicted octanol–water partition coefficient (Wildman–Crippen LogP) is 5.70. The van der Waals surface area contributed by atoms with E-state index in [-0.39, 0.29) is 0 Å². The lowest BCUT2D eigenvalue weighted by atomic mass is 9.97. The first-order valence-electron chi connectivity index (χ1n) is 10.6. The van der Waals surface area contributed by atoms with Crippen LogP contribution in [-0.2, 0) is 6.54 Å². The van der Waals surface area contributed by atoms with Crippen LogP contribution < -0.4 is 10.6 Å². The lowest BCUT2D eigenvalue weighted by molar-refractivity contribution is 0.637. The summed E-state index contributed by atoms with van der Waals surface area (Å²) in [4.78, 5) is 4.20. The Balaban J connectivity index is 1.31. The molecular weight excluding hydrogens is 402 g/mol. The van der Waals surface area contributed by atoms with Gasteiger partial charge in [0.25, 0.3) is 0 Å². The number of halogens is 1. The number of pyridine rings is 1. The molecule has 4 aromatic rings. The molecule has 0 spiro atoms. The van der Waals surface area contributed by atoms with Crippen molar-refractivity contribution in [3.05, 3.63) is 119 Å². The van der Waals surface area contributed by atoms with E-state index in [1.807, 2.05) is 30.6 Å². The van der Waals surface area contributed by atoms with Crippen LogP contribution in [0.3, 0.4) is 0 Å². The molecule has 4 heteroatoms. The van der Waals surface area contributed by atoms with E-state index in [0.717, 1.165) is 31.2 Å². The van der Waals surface area contributed by atoms with Crippen LogP contribution in [-0.4, -0.2) is 24.6 Å². The Morgan fingerprint density at radius 2 is 1.58 bits per heavy atom. The van der Waals surface area contributed by atoms with Gasteiger partial charge in [-0.1, -0.05) is 78.3 Å². The average molecular weight is 428 g/mol.